The molecule has 2 N–H and O–H groups in total. The number of hydrogen-bond donors (Lipinski definition) is 1. The first-order valence-corrected chi connectivity index (χ1v) is 7.79. The van der Waals surface area contributed by atoms with Crippen LogP contribution in [0, 0.1) is 6.92 Å². The van der Waals surface area contributed by atoms with Gasteiger partial charge < -0.3 is 10.6 Å². The number of hydrogen-bond acceptors (Lipinski definition) is 4. The van der Waals surface area contributed by atoms with E-state index in [2.05, 4.69) is 4.90 Å². The summed E-state index contributed by atoms with van der Waals surface area (Å²) in [6.07, 6.45) is 0.875. The number of sulfonamides is 1. The zero-order valence-corrected chi connectivity index (χ0v) is 12.4. The number of likely N-dealkylation sites (N-methyl/N-ethyl adjacent to an activating group) is 1. The lowest BCUT2D eigenvalue weighted by Crippen LogP contribution is -2.34. The van der Waals surface area contributed by atoms with Crippen molar-refractivity contribution in [3.05, 3.63) is 23.8 Å². The summed E-state index contributed by atoms with van der Waals surface area (Å²) in [5.74, 6) is 0. The Labute approximate surface area is 115 Å². The summed E-state index contributed by atoms with van der Waals surface area (Å²) in [5.41, 5.74) is 6.96. The summed E-state index contributed by atoms with van der Waals surface area (Å²) in [7, 11) is 0.561. The fraction of sp³-hybridized carbons (Fsp3) is 0.538. The first-order chi connectivity index (χ1) is 8.82. The Morgan fingerprint density at radius 1 is 1.37 bits per heavy atom. The van der Waals surface area contributed by atoms with Crippen LogP contribution in [0.5, 0.6) is 0 Å². The minimum Gasteiger partial charge on any atom is -0.399 e. The Balaban J connectivity index is 2.29. The van der Waals surface area contributed by atoms with Gasteiger partial charge in [-0.15, -0.1) is 0 Å². The summed E-state index contributed by atoms with van der Waals surface area (Å²) >= 11 is 0. The van der Waals surface area contributed by atoms with Crippen LogP contribution in [-0.2, 0) is 10.0 Å². The molecule has 0 aliphatic carbocycles. The standard InChI is InChI=1S/C13H21N3O2S/c1-10-8-11(14)4-5-13(10)19(17,18)16-7-6-12(9-16)15(2)3/h4-5,8,12H,6-7,9,14H2,1-3H3. The summed E-state index contributed by atoms with van der Waals surface area (Å²) in [6, 6.07) is 5.23. The second-order valence-corrected chi connectivity index (χ2v) is 7.20. The highest BCUT2D eigenvalue weighted by atomic mass is 32.2. The molecule has 6 heteroatoms. The van der Waals surface area contributed by atoms with Gasteiger partial charge in [-0.3, -0.25) is 0 Å². The van der Waals surface area contributed by atoms with Crippen LogP contribution in [0.4, 0.5) is 5.69 Å². The van der Waals surface area contributed by atoms with Crippen molar-refractivity contribution in [2.24, 2.45) is 0 Å². The average molecular weight is 283 g/mol. The number of nitrogen functional groups attached to an aromatic ring is 1. The highest BCUT2D eigenvalue weighted by Gasteiger charge is 2.33. The highest BCUT2D eigenvalue weighted by molar-refractivity contribution is 7.89. The van der Waals surface area contributed by atoms with Crippen LogP contribution in [0.15, 0.2) is 23.1 Å². The Bertz CT molecular complexity index is 569. The number of rotatable bonds is 3. The maximum atomic E-state index is 12.6. The smallest absolute Gasteiger partial charge is 0.243 e. The zero-order valence-electron chi connectivity index (χ0n) is 11.6. The molecule has 1 atom stereocenters. The SMILES string of the molecule is Cc1cc(N)ccc1S(=O)(=O)N1CCC(N(C)C)C1. The van der Waals surface area contributed by atoms with Gasteiger partial charge in [0.15, 0.2) is 0 Å². The molecule has 1 heterocycles. The maximum absolute atomic E-state index is 12.6. The monoisotopic (exact) mass is 283 g/mol. The molecule has 0 aromatic heterocycles. The van der Waals surface area contributed by atoms with Gasteiger partial charge in [0.25, 0.3) is 0 Å². The Morgan fingerprint density at radius 2 is 2.05 bits per heavy atom. The molecule has 0 radical (unpaired) electrons. The average Bonchev–Trinajstić information content (AvgIpc) is 2.78. The third-order valence-electron chi connectivity index (χ3n) is 3.67. The van der Waals surface area contributed by atoms with Crippen molar-refractivity contribution < 1.29 is 8.42 Å². The van der Waals surface area contributed by atoms with Crippen LogP contribution in [0.3, 0.4) is 0 Å². The molecule has 0 spiro atoms. The van der Waals surface area contributed by atoms with E-state index in [-0.39, 0.29) is 0 Å². The molecular formula is C13H21N3O2S. The molecule has 2 rings (SSSR count). The fourth-order valence-corrected chi connectivity index (χ4v) is 4.15. The molecule has 5 nitrogen and oxygen atoms in total. The normalized spacial score (nSPS) is 21.2. The van der Waals surface area contributed by atoms with Gasteiger partial charge >= 0.3 is 0 Å². The van der Waals surface area contributed by atoms with E-state index in [1.807, 2.05) is 14.1 Å². The topological polar surface area (TPSA) is 66.6 Å². The Hall–Kier alpha value is -1.11. The quantitative estimate of drug-likeness (QED) is 0.837. The van der Waals surface area contributed by atoms with Gasteiger partial charge in [-0.2, -0.15) is 4.31 Å². The van der Waals surface area contributed by atoms with E-state index in [0.717, 1.165) is 6.42 Å². The molecule has 0 saturated carbocycles. The predicted molar refractivity (Wildman–Crippen MR) is 76.4 cm³/mol. The Morgan fingerprint density at radius 3 is 2.58 bits per heavy atom. The molecule has 1 unspecified atom stereocenters. The van der Waals surface area contributed by atoms with Crippen LogP contribution in [-0.4, -0.2) is 50.8 Å². The van der Waals surface area contributed by atoms with Gasteiger partial charge in [-0.25, -0.2) is 8.42 Å². The van der Waals surface area contributed by atoms with E-state index in [1.54, 1.807) is 29.4 Å². The summed E-state index contributed by atoms with van der Waals surface area (Å²) in [6.45, 7) is 2.91. The van der Waals surface area contributed by atoms with Crippen molar-refractivity contribution >= 4 is 15.7 Å². The fourth-order valence-electron chi connectivity index (χ4n) is 2.45. The largest absolute Gasteiger partial charge is 0.399 e. The lowest BCUT2D eigenvalue weighted by atomic mass is 10.2. The van der Waals surface area contributed by atoms with Crippen LogP contribution in [0.25, 0.3) is 0 Å². The van der Waals surface area contributed by atoms with Crippen molar-refractivity contribution in [1.29, 1.82) is 0 Å². The van der Waals surface area contributed by atoms with Crippen molar-refractivity contribution in [2.45, 2.75) is 24.3 Å². The number of aryl methyl sites for hydroxylation is 1. The van der Waals surface area contributed by atoms with Gasteiger partial charge in [-0.05, 0) is 51.2 Å². The van der Waals surface area contributed by atoms with E-state index in [1.165, 1.54) is 0 Å². The second kappa shape index (κ2) is 5.11. The van der Waals surface area contributed by atoms with E-state index in [9.17, 15) is 8.42 Å². The number of nitrogens with zero attached hydrogens (tertiary/aromatic N) is 2. The number of anilines is 1. The van der Waals surface area contributed by atoms with Crippen molar-refractivity contribution in [2.75, 3.05) is 32.9 Å². The van der Waals surface area contributed by atoms with Crippen molar-refractivity contribution in [3.63, 3.8) is 0 Å². The number of nitrogens with two attached hydrogens (primary N) is 1. The molecule has 1 aromatic carbocycles. The van der Waals surface area contributed by atoms with Crippen LogP contribution in [0.1, 0.15) is 12.0 Å². The first kappa shape index (κ1) is 14.3. The minimum absolute atomic E-state index is 0.295. The first-order valence-electron chi connectivity index (χ1n) is 6.35. The predicted octanol–water partition coefficient (Wildman–Crippen LogP) is 0.902. The second-order valence-electron chi connectivity index (χ2n) is 5.29. The summed E-state index contributed by atoms with van der Waals surface area (Å²) in [5, 5.41) is 0. The molecule has 19 heavy (non-hydrogen) atoms. The molecule has 106 valence electrons. The molecule has 1 saturated heterocycles. The van der Waals surface area contributed by atoms with E-state index in [0.29, 0.717) is 35.3 Å². The van der Waals surface area contributed by atoms with Gasteiger partial charge in [0, 0.05) is 24.8 Å². The summed E-state index contributed by atoms with van der Waals surface area (Å²) in [4.78, 5) is 2.44. The molecule has 0 amide bonds. The van der Waals surface area contributed by atoms with Gasteiger partial charge in [0.05, 0.1) is 4.90 Å². The maximum Gasteiger partial charge on any atom is 0.243 e. The van der Waals surface area contributed by atoms with Gasteiger partial charge in [-0.1, -0.05) is 0 Å². The third-order valence-corrected chi connectivity index (χ3v) is 5.70. The van der Waals surface area contributed by atoms with Crippen molar-refractivity contribution in [1.82, 2.24) is 9.21 Å². The molecular weight excluding hydrogens is 262 g/mol. The van der Waals surface area contributed by atoms with Gasteiger partial charge in [0.2, 0.25) is 10.0 Å². The minimum atomic E-state index is -3.40. The molecule has 0 bridgehead atoms. The Kier molecular flexibility index (Phi) is 3.85. The van der Waals surface area contributed by atoms with Crippen LogP contribution in [0.2, 0.25) is 0 Å². The molecule has 1 aliphatic rings. The van der Waals surface area contributed by atoms with Crippen LogP contribution >= 0.6 is 0 Å². The number of benzene rings is 1. The highest BCUT2D eigenvalue weighted by Crippen LogP contribution is 2.25. The molecule has 1 aliphatic heterocycles. The molecule has 1 fully saturated rings. The van der Waals surface area contributed by atoms with Crippen molar-refractivity contribution in [3.8, 4) is 0 Å². The van der Waals surface area contributed by atoms with Gasteiger partial charge in [0.1, 0.15) is 0 Å². The third kappa shape index (κ3) is 2.75. The lowest BCUT2D eigenvalue weighted by molar-refractivity contribution is 0.302. The van der Waals surface area contributed by atoms with E-state index < -0.39 is 10.0 Å². The molecule has 1 aromatic rings. The van der Waals surface area contributed by atoms with E-state index >= 15 is 0 Å². The lowest BCUT2D eigenvalue weighted by Gasteiger charge is -2.21. The van der Waals surface area contributed by atoms with Crippen LogP contribution < -0.4 is 5.73 Å². The zero-order chi connectivity index (χ0) is 14.2. The summed E-state index contributed by atoms with van der Waals surface area (Å²) < 4.78 is 26.8. The van der Waals surface area contributed by atoms with E-state index in [4.69, 9.17) is 5.73 Å².